The monoisotopic (exact) mass is 241 g/mol. The maximum absolute atomic E-state index is 5.96. The molecular formula is C10H12BrNO. The van der Waals surface area contributed by atoms with Crippen LogP contribution < -0.4 is 10.5 Å². The summed E-state index contributed by atoms with van der Waals surface area (Å²) in [7, 11) is 1.70. The van der Waals surface area contributed by atoms with Crippen LogP contribution in [0.15, 0.2) is 16.6 Å². The van der Waals surface area contributed by atoms with Crippen LogP contribution in [0.4, 0.5) is 0 Å². The second kappa shape index (κ2) is 3.31. The first-order valence-corrected chi connectivity index (χ1v) is 5.13. The molecule has 1 aromatic rings. The van der Waals surface area contributed by atoms with E-state index in [4.69, 9.17) is 10.5 Å². The van der Waals surface area contributed by atoms with Crippen molar-refractivity contribution in [3.8, 4) is 5.75 Å². The van der Waals surface area contributed by atoms with Crippen molar-refractivity contribution in [1.82, 2.24) is 0 Å². The van der Waals surface area contributed by atoms with Crippen LogP contribution in [0.2, 0.25) is 0 Å². The number of rotatable bonds is 1. The third-order valence-corrected chi connectivity index (χ3v) is 2.99. The van der Waals surface area contributed by atoms with E-state index in [2.05, 4.69) is 22.0 Å². The van der Waals surface area contributed by atoms with Gasteiger partial charge in [-0.1, -0.05) is 15.9 Å². The first-order valence-electron chi connectivity index (χ1n) is 4.34. The van der Waals surface area contributed by atoms with E-state index >= 15 is 0 Å². The molecule has 0 radical (unpaired) electrons. The lowest BCUT2D eigenvalue weighted by Gasteiger charge is -2.09. The Balaban J connectivity index is 2.56. The van der Waals surface area contributed by atoms with Crippen LogP contribution in [0.5, 0.6) is 5.75 Å². The molecule has 13 heavy (non-hydrogen) atoms. The number of benzene rings is 1. The Labute approximate surface area is 86.2 Å². The minimum absolute atomic E-state index is 0.182. The summed E-state index contributed by atoms with van der Waals surface area (Å²) in [6.07, 6.45) is 2.06. The fraction of sp³-hybridized carbons (Fsp3) is 0.400. The highest BCUT2D eigenvalue weighted by molar-refractivity contribution is 9.10. The zero-order valence-electron chi connectivity index (χ0n) is 7.51. The molecule has 0 bridgehead atoms. The van der Waals surface area contributed by atoms with E-state index in [1.165, 1.54) is 11.1 Å². The van der Waals surface area contributed by atoms with Crippen molar-refractivity contribution < 1.29 is 4.74 Å². The molecule has 0 saturated heterocycles. The van der Waals surface area contributed by atoms with Crippen molar-refractivity contribution >= 4 is 15.9 Å². The quantitative estimate of drug-likeness (QED) is 0.820. The van der Waals surface area contributed by atoms with Crippen LogP contribution in [0.25, 0.3) is 0 Å². The Bertz CT molecular complexity index is 338. The van der Waals surface area contributed by atoms with Crippen molar-refractivity contribution in [3.05, 3.63) is 27.7 Å². The van der Waals surface area contributed by atoms with Crippen LogP contribution >= 0.6 is 15.9 Å². The van der Waals surface area contributed by atoms with E-state index < -0.39 is 0 Å². The minimum Gasteiger partial charge on any atom is -0.496 e. The second-order valence-corrected chi connectivity index (χ2v) is 4.24. The van der Waals surface area contributed by atoms with Gasteiger partial charge in [-0.2, -0.15) is 0 Å². The lowest BCUT2D eigenvalue weighted by atomic mass is 10.1. The molecule has 2 nitrogen and oxygen atoms in total. The SMILES string of the molecule is COc1cc(Br)cc2c1CC[C@@H]2N. The lowest BCUT2D eigenvalue weighted by Crippen LogP contribution is -2.05. The molecule has 1 aromatic carbocycles. The summed E-state index contributed by atoms with van der Waals surface area (Å²) < 4.78 is 6.34. The molecule has 1 aliphatic carbocycles. The number of nitrogens with two attached hydrogens (primary N) is 1. The van der Waals surface area contributed by atoms with Crippen LogP contribution in [0, 0.1) is 0 Å². The summed E-state index contributed by atoms with van der Waals surface area (Å²) in [6.45, 7) is 0. The summed E-state index contributed by atoms with van der Waals surface area (Å²) in [6, 6.07) is 4.27. The van der Waals surface area contributed by atoms with Gasteiger partial charge in [0.2, 0.25) is 0 Å². The number of methoxy groups -OCH3 is 1. The lowest BCUT2D eigenvalue weighted by molar-refractivity contribution is 0.410. The highest BCUT2D eigenvalue weighted by Gasteiger charge is 2.22. The molecular weight excluding hydrogens is 230 g/mol. The van der Waals surface area contributed by atoms with Gasteiger partial charge >= 0.3 is 0 Å². The molecule has 0 aliphatic heterocycles. The van der Waals surface area contributed by atoms with E-state index in [9.17, 15) is 0 Å². The normalized spacial score (nSPS) is 20.1. The zero-order chi connectivity index (χ0) is 9.42. The van der Waals surface area contributed by atoms with Crippen molar-refractivity contribution in [1.29, 1.82) is 0 Å². The van der Waals surface area contributed by atoms with Crippen LogP contribution in [0.3, 0.4) is 0 Å². The Morgan fingerprint density at radius 1 is 1.54 bits per heavy atom. The summed E-state index contributed by atoms with van der Waals surface area (Å²) in [5.41, 5.74) is 8.47. The number of hydrogen-bond donors (Lipinski definition) is 1. The fourth-order valence-corrected chi connectivity index (χ4v) is 2.32. The smallest absolute Gasteiger partial charge is 0.123 e. The summed E-state index contributed by atoms with van der Waals surface area (Å²) in [5, 5.41) is 0. The first kappa shape index (κ1) is 9.03. The van der Waals surface area contributed by atoms with Crippen molar-refractivity contribution in [2.24, 2.45) is 5.73 Å². The Hall–Kier alpha value is -0.540. The number of fused-ring (bicyclic) bond motifs is 1. The zero-order valence-corrected chi connectivity index (χ0v) is 9.10. The Morgan fingerprint density at radius 3 is 3.00 bits per heavy atom. The third-order valence-electron chi connectivity index (χ3n) is 2.53. The summed E-state index contributed by atoms with van der Waals surface area (Å²) in [5.74, 6) is 0.956. The largest absolute Gasteiger partial charge is 0.496 e. The fourth-order valence-electron chi connectivity index (χ4n) is 1.87. The molecule has 0 aromatic heterocycles. The molecule has 1 atom stereocenters. The molecule has 0 fully saturated rings. The first-order chi connectivity index (χ1) is 6.22. The van der Waals surface area contributed by atoms with Gasteiger partial charge in [0.05, 0.1) is 7.11 Å². The van der Waals surface area contributed by atoms with E-state index in [1.807, 2.05) is 6.07 Å². The maximum Gasteiger partial charge on any atom is 0.123 e. The predicted octanol–water partition coefficient (Wildman–Crippen LogP) is 2.40. The van der Waals surface area contributed by atoms with Gasteiger partial charge in [0, 0.05) is 10.5 Å². The topological polar surface area (TPSA) is 35.2 Å². The van der Waals surface area contributed by atoms with Crippen LogP contribution in [0.1, 0.15) is 23.6 Å². The molecule has 70 valence electrons. The second-order valence-electron chi connectivity index (χ2n) is 3.32. The van der Waals surface area contributed by atoms with Gasteiger partial charge in [-0.05, 0) is 36.1 Å². The van der Waals surface area contributed by atoms with Gasteiger partial charge in [0.25, 0.3) is 0 Å². The molecule has 0 saturated carbocycles. The highest BCUT2D eigenvalue weighted by Crippen LogP contribution is 2.37. The summed E-state index contributed by atoms with van der Waals surface area (Å²) >= 11 is 3.45. The number of hydrogen-bond acceptors (Lipinski definition) is 2. The van der Waals surface area contributed by atoms with Crippen molar-refractivity contribution in [2.75, 3.05) is 7.11 Å². The van der Waals surface area contributed by atoms with Gasteiger partial charge in [0.15, 0.2) is 0 Å². The molecule has 2 N–H and O–H groups in total. The van der Waals surface area contributed by atoms with E-state index in [1.54, 1.807) is 7.11 Å². The average Bonchev–Trinajstić information content (AvgIpc) is 2.47. The predicted molar refractivity (Wildman–Crippen MR) is 55.9 cm³/mol. The van der Waals surface area contributed by atoms with E-state index in [0.717, 1.165) is 23.1 Å². The van der Waals surface area contributed by atoms with Crippen molar-refractivity contribution in [2.45, 2.75) is 18.9 Å². The molecule has 1 aliphatic rings. The van der Waals surface area contributed by atoms with Gasteiger partial charge in [-0.25, -0.2) is 0 Å². The highest BCUT2D eigenvalue weighted by atomic mass is 79.9. The third kappa shape index (κ3) is 1.46. The standard InChI is InChI=1S/C10H12BrNO/c1-13-10-5-6(11)4-8-7(10)2-3-9(8)12/h4-5,9H,2-3,12H2,1H3/t9-/m0/s1. The maximum atomic E-state index is 5.96. The molecule has 0 heterocycles. The van der Waals surface area contributed by atoms with Crippen molar-refractivity contribution in [3.63, 3.8) is 0 Å². The average molecular weight is 242 g/mol. The van der Waals surface area contributed by atoms with Gasteiger partial charge < -0.3 is 10.5 Å². The van der Waals surface area contributed by atoms with E-state index in [0.29, 0.717) is 0 Å². The van der Waals surface area contributed by atoms with Gasteiger partial charge in [-0.3, -0.25) is 0 Å². The van der Waals surface area contributed by atoms with Crippen LogP contribution in [-0.4, -0.2) is 7.11 Å². The van der Waals surface area contributed by atoms with E-state index in [-0.39, 0.29) is 6.04 Å². The molecule has 3 heteroatoms. The molecule has 0 spiro atoms. The van der Waals surface area contributed by atoms with Gasteiger partial charge in [-0.15, -0.1) is 0 Å². The molecule has 2 rings (SSSR count). The minimum atomic E-state index is 0.182. The number of ether oxygens (including phenoxy) is 1. The molecule has 0 unspecified atom stereocenters. The van der Waals surface area contributed by atoms with Gasteiger partial charge in [0.1, 0.15) is 5.75 Å². The number of halogens is 1. The Kier molecular flexibility index (Phi) is 2.30. The Morgan fingerprint density at radius 2 is 2.31 bits per heavy atom. The summed E-state index contributed by atoms with van der Waals surface area (Å²) in [4.78, 5) is 0. The molecule has 0 amide bonds. The van der Waals surface area contributed by atoms with Crippen LogP contribution in [-0.2, 0) is 6.42 Å².